The summed E-state index contributed by atoms with van der Waals surface area (Å²) in [5, 5.41) is 11.3. The second kappa shape index (κ2) is 9.02. The number of nitrogens with zero attached hydrogens (tertiary/aromatic N) is 5. The Balaban J connectivity index is 1.55. The van der Waals surface area contributed by atoms with Crippen molar-refractivity contribution in [2.75, 3.05) is 57.2 Å². The van der Waals surface area contributed by atoms with Gasteiger partial charge in [-0.15, -0.1) is 5.10 Å². The zero-order chi connectivity index (χ0) is 19.1. The summed E-state index contributed by atoms with van der Waals surface area (Å²) in [7, 11) is 3.25. The number of ether oxygens (including phenoxy) is 2. The van der Waals surface area contributed by atoms with E-state index in [9.17, 15) is 4.79 Å². The molecule has 0 bridgehead atoms. The van der Waals surface area contributed by atoms with E-state index in [-0.39, 0.29) is 0 Å². The minimum absolute atomic E-state index is 0.491. The maximum absolute atomic E-state index is 10.8. The van der Waals surface area contributed by atoms with Gasteiger partial charge < -0.3 is 24.6 Å². The molecule has 1 aromatic heterocycles. The summed E-state index contributed by atoms with van der Waals surface area (Å²) in [6.45, 7) is 3.52. The standard InChI is InChI=1S/C18H24N6O3/c1-26-15-4-3-14(11-16(15)27-2)5-6-19-18-21-17(12-20-22-18)24-9-7-23(13-25)8-10-24/h3-4,11-13H,5-10H2,1-2H3,(H,19,21,22). The number of nitrogens with one attached hydrogen (secondary N) is 1. The van der Waals surface area contributed by atoms with Gasteiger partial charge in [0.2, 0.25) is 12.4 Å². The van der Waals surface area contributed by atoms with Crippen molar-refractivity contribution in [1.29, 1.82) is 0 Å². The Hall–Kier alpha value is -3.10. The van der Waals surface area contributed by atoms with Crippen LogP contribution in [-0.2, 0) is 11.2 Å². The molecule has 27 heavy (non-hydrogen) atoms. The Morgan fingerprint density at radius 2 is 1.93 bits per heavy atom. The van der Waals surface area contributed by atoms with Crippen LogP contribution in [0, 0.1) is 0 Å². The summed E-state index contributed by atoms with van der Waals surface area (Å²) in [6.07, 6.45) is 3.32. The highest BCUT2D eigenvalue weighted by Crippen LogP contribution is 2.27. The topological polar surface area (TPSA) is 92.7 Å². The van der Waals surface area contributed by atoms with Gasteiger partial charge in [0.1, 0.15) is 0 Å². The molecule has 2 aromatic rings. The summed E-state index contributed by atoms with van der Waals surface area (Å²) >= 11 is 0. The van der Waals surface area contributed by atoms with E-state index in [0.717, 1.165) is 37.3 Å². The van der Waals surface area contributed by atoms with Crippen molar-refractivity contribution < 1.29 is 14.3 Å². The number of aromatic nitrogens is 3. The van der Waals surface area contributed by atoms with E-state index in [1.54, 1.807) is 25.3 Å². The van der Waals surface area contributed by atoms with Gasteiger partial charge in [-0.3, -0.25) is 4.79 Å². The van der Waals surface area contributed by atoms with Gasteiger partial charge >= 0.3 is 0 Å². The Morgan fingerprint density at radius 3 is 2.63 bits per heavy atom. The largest absolute Gasteiger partial charge is 0.493 e. The third kappa shape index (κ3) is 4.75. The molecule has 1 fully saturated rings. The minimum atomic E-state index is 0.491. The van der Waals surface area contributed by atoms with Crippen molar-refractivity contribution in [1.82, 2.24) is 20.1 Å². The van der Waals surface area contributed by atoms with Crippen LogP contribution in [0.1, 0.15) is 5.56 Å². The Morgan fingerprint density at radius 1 is 1.15 bits per heavy atom. The van der Waals surface area contributed by atoms with Gasteiger partial charge in [-0.2, -0.15) is 10.1 Å². The fourth-order valence-electron chi connectivity index (χ4n) is 2.93. The number of piperazine rings is 1. The minimum Gasteiger partial charge on any atom is -0.493 e. The number of hydrogen-bond acceptors (Lipinski definition) is 8. The number of hydrogen-bond donors (Lipinski definition) is 1. The molecule has 0 spiro atoms. The molecule has 0 aliphatic carbocycles. The third-order valence-corrected chi connectivity index (χ3v) is 4.48. The SMILES string of the molecule is COc1ccc(CCNc2nncc(N3CCN(C=O)CC3)n2)cc1OC. The first-order valence-electron chi connectivity index (χ1n) is 8.82. The lowest BCUT2D eigenvalue weighted by atomic mass is 10.1. The average Bonchev–Trinajstić information content (AvgIpc) is 2.74. The summed E-state index contributed by atoms with van der Waals surface area (Å²) in [5.41, 5.74) is 1.12. The van der Waals surface area contributed by atoms with Crippen LogP contribution in [0.2, 0.25) is 0 Å². The first-order valence-corrected chi connectivity index (χ1v) is 8.82. The van der Waals surface area contributed by atoms with Gasteiger partial charge in [0, 0.05) is 32.7 Å². The van der Waals surface area contributed by atoms with Crippen molar-refractivity contribution in [3.8, 4) is 11.5 Å². The summed E-state index contributed by atoms with van der Waals surface area (Å²) in [4.78, 5) is 19.2. The van der Waals surface area contributed by atoms with Crippen molar-refractivity contribution in [2.24, 2.45) is 0 Å². The molecule has 2 heterocycles. The van der Waals surface area contributed by atoms with Crippen molar-refractivity contribution >= 4 is 18.2 Å². The number of methoxy groups -OCH3 is 2. The maximum Gasteiger partial charge on any atom is 0.244 e. The van der Waals surface area contributed by atoms with Crippen molar-refractivity contribution in [2.45, 2.75) is 6.42 Å². The van der Waals surface area contributed by atoms with E-state index < -0.39 is 0 Å². The predicted molar refractivity (Wildman–Crippen MR) is 101 cm³/mol. The fourth-order valence-corrected chi connectivity index (χ4v) is 2.93. The van der Waals surface area contributed by atoms with Gasteiger partial charge in [0.25, 0.3) is 0 Å². The number of carbonyl (C=O) groups is 1. The van der Waals surface area contributed by atoms with Gasteiger partial charge in [-0.1, -0.05) is 6.07 Å². The quantitative estimate of drug-likeness (QED) is 0.681. The monoisotopic (exact) mass is 372 g/mol. The van der Waals surface area contributed by atoms with Crippen LogP contribution < -0.4 is 19.7 Å². The van der Waals surface area contributed by atoms with Crippen LogP contribution in [0.4, 0.5) is 11.8 Å². The molecule has 1 saturated heterocycles. The number of carbonyl (C=O) groups excluding carboxylic acids is 1. The van der Waals surface area contributed by atoms with Crippen LogP contribution >= 0.6 is 0 Å². The molecule has 0 atom stereocenters. The number of rotatable bonds is 8. The number of amides is 1. The fraction of sp³-hybridized carbons (Fsp3) is 0.444. The second-order valence-electron chi connectivity index (χ2n) is 6.13. The Labute approximate surface area is 158 Å². The predicted octanol–water partition coefficient (Wildman–Crippen LogP) is 0.822. The number of anilines is 2. The second-order valence-corrected chi connectivity index (χ2v) is 6.13. The molecule has 1 N–H and O–H groups in total. The molecule has 9 nitrogen and oxygen atoms in total. The van der Waals surface area contributed by atoms with Crippen LogP contribution in [0.3, 0.4) is 0 Å². The molecule has 1 aromatic carbocycles. The molecule has 3 rings (SSSR count). The van der Waals surface area contributed by atoms with E-state index >= 15 is 0 Å². The van der Waals surface area contributed by atoms with Gasteiger partial charge in [-0.25, -0.2) is 0 Å². The van der Waals surface area contributed by atoms with Gasteiger partial charge in [-0.05, 0) is 24.1 Å². The maximum atomic E-state index is 10.8. The normalized spacial score (nSPS) is 14.0. The zero-order valence-electron chi connectivity index (χ0n) is 15.6. The first kappa shape index (κ1) is 18.7. The molecular formula is C18H24N6O3. The Kier molecular flexibility index (Phi) is 6.24. The van der Waals surface area contributed by atoms with Crippen molar-refractivity contribution in [3.63, 3.8) is 0 Å². The lowest BCUT2D eigenvalue weighted by molar-refractivity contribution is -0.118. The molecular weight excluding hydrogens is 348 g/mol. The summed E-state index contributed by atoms with van der Waals surface area (Å²) in [5.74, 6) is 2.68. The van der Waals surface area contributed by atoms with Gasteiger partial charge in [0.05, 0.1) is 20.4 Å². The molecule has 0 saturated carbocycles. The molecule has 9 heteroatoms. The average molecular weight is 372 g/mol. The first-order chi connectivity index (χ1) is 13.2. The van der Waals surface area contributed by atoms with Crippen LogP contribution in [0.15, 0.2) is 24.4 Å². The molecule has 1 aliphatic heterocycles. The van der Waals surface area contributed by atoms with E-state index in [4.69, 9.17) is 9.47 Å². The molecule has 144 valence electrons. The highest BCUT2D eigenvalue weighted by molar-refractivity contribution is 5.49. The van der Waals surface area contributed by atoms with E-state index in [2.05, 4.69) is 25.4 Å². The van der Waals surface area contributed by atoms with Crippen LogP contribution in [0.5, 0.6) is 11.5 Å². The molecule has 0 unspecified atom stereocenters. The highest BCUT2D eigenvalue weighted by atomic mass is 16.5. The lowest BCUT2D eigenvalue weighted by Gasteiger charge is -2.33. The van der Waals surface area contributed by atoms with E-state index in [1.807, 2.05) is 18.2 Å². The van der Waals surface area contributed by atoms with Crippen molar-refractivity contribution in [3.05, 3.63) is 30.0 Å². The Bertz CT molecular complexity index is 765. The third-order valence-electron chi connectivity index (χ3n) is 4.48. The molecule has 1 aliphatic rings. The molecule has 1 amide bonds. The van der Waals surface area contributed by atoms with E-state index in [1.165, 1.54) is 0 Å². The lowest BCUT2D eigenvalue weighted by Crippen LogP contribution is -2.46. The zero-order valence-corrected chi connectivity index (χ0v) is 15.6. The van der Waals surface area contributed by atoms with E-state index in [0.29, 0.717) is 37.1 Å². The van der Waals surface area contributed by atoms with Crippen LogP contribution in [0.25, 0.3) is 0 Å². The summed E-state index contributed by atoms with van der Waals surface area (Å²) < 4.78 is 10.6. The smallest absolute Gasteiger partial charge is 0.244 e. The number of benzene rings is 1. The highest BCUT2D eigenvalue weighted by Gasteiger charge is 2.17. The van der Waals surface area contributed by atoms with Crippen LogP contribution in [-0.4, -0.2) is 73.4 Å². The molecule has 0 radical (unpaired) electrons. The summed E-state index contributed by atoms with van der Waals surface area (Å²) in [6, 6.07) is 5.86. The van der Waals surface area contributed by atoms with Gasteiger partial charge in [0.15, 0.2) is 17.3 Å².